The maximum atomic E-state index is 13.1. The highest BCUT2D eigenvalue weighted by atomic mass is 32.2. The van der Waals surface area contributed by atoms with Gasteiger partial charge < -0.3 is 15.5 Å². The number of unbranched alkanes of at least 4 members (excludes halogenated alkanes) is 1. The van der Waals surface area contributed by atoms with Crippen molar-refractivity contribution in [1.82, 2.24) is 14.8 Å². The Morgan fingerprint density at radius 2 is 1.60 bits per heavy atom. The number of aliphatic hydroxyl groups is 1. The van der Waals surface area contributed by atoms with Gasteiger partial charge in [-0.15, -0.1) is 0 Å². The van der Waals surface area contributed by atoms with E-state index in [1.807, 2.05) is 35.1 Å². The van der Waals surface area contributed by atoms with Gasteiger partial charge in [-0.2, -0.15) is 13.1 Å². The molecule has 3 aromatic carbocycles. The van der Waals surface area contributed by atoms with Gasteiger partial charge in [-0.25, -0.2) is 17.4 Å². The fraction of sp³-hybridized carbons (Fsp3) is 0.222. The lowest BCUT2D eigenvalue weighted by Gasteiger charge is -2.20. The number of benzene rings is 3. The highest BCUT2D eigenvalue weighted by Gasteiger charge is 2.31. The fourth-order valence-corrected chi connectivity index (χ4v) is 6.47. The molecule has 0 fully saturated rings. The Kier molecular flexibility index (Phi) is 8.97. The van der Waals surface area contributed by atoms with Gasteiger partial charge in [0.15, 0.2) is 0 Å². The Morgan fingerprint density at radius 3 is 2.23 bits per heavy atom. The van der Waals surface area contributed by atoms with Gasteiger partial charge in [0.1, 0.15) is 17.5 Å². The number of amides is 1. The summed E-state index contributed by atoms with van der Waals surface area (Å²) in [4.78, 5) is 13.1. The summed E-state index contributed by atoms with van der Waals surface area (Å²) in [5.74, 6) is -1.60. The molecule has 0 bridgehead atoms. The number of aliphatic hydroxyl groups excluding tert-OH is 1. The summed E-state index contributed by atoms with van der Waals surface area (Å²) in [7, 11) is -8.18. The molecule has 13 heteroatoms. The Bertz CT molecular complexity index is 1580. The first kappa shape index (κ1) is 28.9. The van der Waals surface area contributed by atoms with Crippen LogP contribution in [0.4, 0.5) is 5.69 Å². The number of hydrogen-bond donors (Lipinski definition) is 5. The highest BCUT2D eigenvalue weighted by Crippen LogP contribution is 2.32. The molecule has 0 saturated carbocycles. The predicted molar refractivity (Wildman–Crippen MR) is 150 cm³/mol. The van der Waals surface area contributed by atoms with E-state index in [0.29, 0.717) is 22.8 Å². The molecule has 40 heavy (non-hydrogen) atoms. The molecular formula is C27H30N4O7S2. The van der Waals surface area contributed by atoms with Crippen LogP contribution in [0.1, 0.15) is 24.0 Å². The summed E-state index contributed by atoms with van der Waals surface area (Å²) in [5, 5.41) is 22.9. The van der Waals surface area contributed by atoms with Crippen molar-refractivity contribution in [3.8, 4) is 5.75 Å². The van der Waals surface area contributed by atoms with Crippen LogP contribution < -0.4 is 19.1 Å². The molecule has 0 aromatic heterocycles. The van der Waals surface area contributed by atoms with Crippen molar-refractivity contribution in [2.45, 2.75) is 36.6 Å². The second kappa shape index (κ2) is 12.4. The Morgan fingerprint density at radius 1 is 0.925 bits per heavy atom. The summed E-state index contributed by atoms with van der Waals surface area (Å²) in [6.07, 6.45) is 3.14. The largest absolute Gasteiger partial charge is 0.506 e. The zero-order valence-electron chi connectivity index (χ0n) is 21.4. The molecule has 11 nitrogen and oxygen atoms in total. The molecule has 1 unspecified atom stereocenters. The summed E-state index contributed by atoms with van der Waals surface area (Å²) in [6.45, 7) is 0.342. The van der Waals surface area contributed by atoms with Crippen LogP contribution in [0.2, 0.25) is 0 Å². The minimum absolute atomic E-state index is 0.00723. The molecule has 3 aromatic rings. The third-order valence-corrected chi connectivity index (χ3v) is 8.93. The quantitative estimate of drug-likeness (QED) is 0.203. The number of nitrogens with one attached hydrogen (secondary N) is 3. The van der Waals surface area contributed by atoms with Gasteiger partial charge in [-0.3, -0.25) is 4.79 Å². The smallest absolute Gasteiger partial charge is 0.330 e. The lowest BCUT2D eigenvalue weighted by molar-refractivity contribution is -0.122. The number of aromatic hydroxyl groups is 1. The number of rotatable bonds is 12. The van der Waals surface area contributed by atoms with Gasteiger partial charge in [-0.1, -0.05) is 54.6 Å². The van der Waals surface area contributed by atoms with Crippen molar-refractivity contribution < 1.29 is 31.8 Å². The Hall–Kier alpha value is -4.07. The second-order valence-electron chi connectivity index (χ2n) is 9.17. The average Bonchev–Trinajstić information content (AvgIpc) is 3.20. The summed E-state index contributed by atoms with van der Waals surface area (Å²) < 4.78 is 55.4. The minimum atomic E-state index is -4.12. The fourth-order valence-electron chi connectivity index (χ4n) is 4.18. The van der Waals surface area contributed by atoms with Gasteiger partial charge in [-0.05, 0) is 61.1 Å². The molecule has 1 amide bonds. The molecule has 212 valence electrons. The lowest BCUT2D eigenvalue weighted by atomic mass is 10.0. The Labute approximate surface area is 233 Å². The van der Waals surface area contributed by atoms with Gasteiger partial charge in [0.2, 0.25) is 21.8 Å². The van der Waals surface area contributed by atoms with Crippen LogP contribution in [-0.4, -0.2) is 45.5 Å². The summed E-state index contributed by atoms with van der Waals surface area (Å²) in [5.41, 5.74) is 1.43. The zero-order valence-corrected chi connectivity index (χ0v) is 23.0. The van der Waals surface area contributed by atoms with Gasteiger partial charge in [0.25, 0.3) is 0 Å². The number of nitrogens with zero attached hydrogens (tertiary/aromatic N) is 1. The summed E-state index contributed by atoms with van der Waals surface area (Å²) >= 11 is 0. The van der Waals surface area contributed by atoms with Crippen molar-refractivity contribution in [1.29, 1.82) is 0 Å². The standard InChI is InChI=1S/C27H30N4O7S2/c32-25-18-21(14-15-24(25)31-19-26(33)30-40(31,37)38)17-23(29-39(35,36)22-12-5-2-6-13-22)27(34)28-16-8-7-11-20-9-3-1-4-10-20/h1-6,9-10,12-15,18-19,23,29-30,32-33H,7-8,11,16-17H2,(H,28,34). The van der Waals surface area contributed by atoms with Crippen molar-refractivity contribution in [2.24, 2.45) is 0 Å². The van der Waals surface area contributed by atoms with Crippen LogP contribution in [0.3, 0.4) is 0 Å². The van der Waals surface area contributed by atoms with Crippen LogP contribution in [0.5, 0.6) is 5.75 Å². The molecule has 4 rings (SSSR count). The number of hydrogen-bond acceptors (Lipinski definition) is 7. The Balaban J connectivity index is 1.47. The SMILES string of the molecule is O=C(NCCCCc1ccccc1)C(Cc1ccc(N2C=C(O)NS2(=O)=O)c(O)c1)NS(=O)(=O)c1ccccc1. The first-order valence-corrected chi connectivity index (χ1v) is 15.4. The molecule has 0 saturated heterocycles. The molecule has 0 aliphatic carbocycles. The highest BCUT2D eigenvalue weighted by molar-refractivity contribution is 7.91. The van der Waals surface area contributed by atoms with Gasteiger partial charge in [0, 0.05) is 6.54 Å². The molecule has 1 aliphatic rings. The zero-order chi connectivity index (χ0) is 28.8. The third-order valence-electron chi connectivity index (χ3n) is 6.15. The van der Waals surface area contributed by atoms with E-state index >= 15 is 0 Å². The number of carbonyl (C=O) groups is 1. The van der Waals surface area contributed by atoms with Crippen molar-refractivity contribution in [3.05, 3.63) is 102 Å². The van der Waals surface area contributed by atoms with Crippen molar-refractivity contribution in [2.75, 3.05) is 10.8 Å². The number of sulfonamides is 1. The number of phenols is 1. The first-order chi connectivity index (χ1) is 19.0. The van der Waals surface area contributed by atoms with Gasteiger partial charge in [0.05, 0.1) is 11.1 Å². The number of anilines is 1. The average molecular weight is 587 g/mol. The maximum Gasteiger partial charge on any atom is 0.330 e. The second-order valence-corrected chi connectivity index (χ2v) is 12.4. The van der Waals surface area contributed by atoms with E-state index < -0.39 is 43.8 Å². The van der Waals surface area contributed by atoms with Crippen molar-refractivity contribution >= 4 is 31.8 Å². The number of aryl methyl sites for hydroxylation is 1. The molecule has 5 N–H and O–H groups in total. The number of phenolic OH excluding ortho intramolecular Hbond substituents is 1. The monoisotopic (exact) mass is 586 g/mol. The van der Waals surface area contributed by atoms with E-state index in [1.165, 1.54) is 35.9 Å². The van der Waals surface area contributed by atoms with Crippen LogP contribution in [0, 0.1) is 0 Å². The van der Waals surface area contributed by atoms with E-state index in [1.54, 1.807) is 18.2 Å². The van der Waals surface area contributed by atoms with Crippen LogP contribution in [-0.2, 0) is 37.9 Å². The molecule has 1 heterocycles. The van der Waals surface area contributed by atoms with E-state index in [0.717, 1.165) is 19.0 Å². The van der Waals surface area contributed by atoms with E-state index in [4.69, 9.17) is 0 Å². The summed E-state index contributed by atoms with van der Waals surface area (Å²) in [6, 6.07) is 20.4. The van der Waals surface area contributed by atoms with Crippen LogP contribution in [0.15, 0.2) is 95.8 Å². The van der Waals surface area contributed by atoms with Crippen LogP contribution >= 0.6 is 0 Å². The third kappa shape index (κ3) is 7.31. The normalized spacial score (nSPS) is 15.2. The van der Waals surface area contributed by atoms with Gasteiger partial charge >= 0.3 is 10.2 Å². The predicted octanol–water partition coefficient (Wildman–Crippen LogP) is 2.43. The molecule has 1 aliphatic heterocycles. The van der Waals surface area contributed by atoms with Crippen LogP contribution in [0.25, 0.3) is 0 Å². The molecule has 0 radical (unpaired) electrons. The van der Waals surface area contributed by atoms with Crippen molar-refractivity contribution in [3.63, 3.8) is 0 Å². The first-order valence-electron chi connectivity index (χ1n) is 12.5. The van der Waals surface area contributed by atoms with E-state index in [9.17, 15) is 31.8 Å². The number of carbonyl (C=O) groups excluding carboxylic acids is 1. The van der Waals surface area contributed by atoms with E-state index in [-0.39, 0.29) is 17.0 Å². The van der Waals surface area contributed by atoms with E-state index in [2.05, 4.69) is 10.0 Å². The molecule has 0 spiro atoms. The lowest BCUT2D eigenvalue weighted by Crippen LogP contribution is -2.48. The molecule has 1 atom stereocenters. The topological polar surface area (TPSA) is 165 Å². The maximum absolute atomic E-state index is 13.1. The minimum Gasteiger partial charge on any atom is -0.506 e. The molecular weight excluding hydrogens is 556 g/mol.